The summed E-state index contributed by atoms with van der Waals surface area (Å²) in [7, 11) is 0. The van der Waals surface area contributed by atoms with E-state index < -0.39 is 0 Å². The van der Waals surface area contributed by atoms with Gasteiger partial charge in [-0.2, -0.15) is 0 Å². The molecule has 1 aromatic heterocycles. The molecule has 0 spiro atoms. The van der Waals surface area contributed by atoms with Crippen LogP contribution in [0.15, 0.2) is 65.7 Å². The van der Waals surface area contributed by atoms with Crippen molar-refractivity contribution in [3.05, 3.63) is 72.2 Å². The molecule has 0 saturated carbocycles. The molecule has 0 aliphatic rings. The van der Waals surface area contributed by atoms with Crippen LogP contribution in [0, 0.1) is 11.7 Å². The van der Waals surface area contributed by atoms with E-state index in [0.29, 0.717) is 5.75 Å². The van der Waals surface area contributed by atoms with Crippen LogP contribution in [0.5, 0.6) is 0 Å². The summed E-state index contributed by atoms with van der Waals surface area (Å²) < 4.78 is 13.2. The standard InChI is InChI=1S/C21H21FN2OS/c1-14(2)21(15-7-9-16(22)10-8-15)24-20(25)13-26-19-11-12-23-18-6-4-3-5-17(18)19/h3-12,14,21H,13H2,1-2H3,(H,24,25). The average Bonchev–Trinajstić information content (AvgIpc) is 2.65. The first kappa shape index (κ1) is 18.4. The Hall–Kier alpha value is -2.40. The Morgan fingerprint density at radius 3 is 2.58 bits per heavy atom. The summed E-state index contributed by atoms with van der Waals surface area (Å²) in [5.41, 5.74) is 1.83. The fourth-order valence-electron chi connectivity index (χ4n) is 2.86. The first-order chi connectivity index (χ1) is 12.5. The van der Waals surface area contributed by atoms with Crippen LogP contribution in [0.4, 0.5) is 4.39 Å². The maximum atomic E-state index is 13.2. The first-order valence-corrected chi connectivity index (χ1v) is 9.54. The van der Waals surface area contributed by atoms with E-state index in [2.05, 4.69) is 10.3 Å². The van der Waals surface area contributed by atoms with E-state index >= 15 is 0 Å². The number of hydrogen-bond acceptors (Lipinski definition) is 3. The van der Waals surface area contributed by atoms with Crippen molar-refractivity contribution in [2.75, 3.05) is 5.75 Å². The van der Waals surface area contributed by atoms with Crippen molar-refractivity contribution >= 4 is 28.6 Å². The van der Waals surface area contributed by atoms with Crippen molar-refractivity contribution in [3.8, 4) is 0 Å². The molecule has 3 aromatic rings. The number of carbonyl (C=O) groups is 1. The minimum Gasteiger partial charge on any atom is -0.348 e. The van der Waals surface area contributed by atoms with Crippen LogP contribution in [0.25, 0.3) is 10.9 Å². The smallest absolute Gasteiger partial charge is 0.230 e. The number of para-hydroxylation sites is 1. The fourth-order valence-corrected chi connectivity index (χ4v) is 3.71. The number of fused-ring (bicyclic) bond motifs is 1. The minimum absolute atomic E-state index is 0.0427. The summed E-state index contributed by atoms with van der Waals surface area (Å²) in [6, 6.07) is 16.0. The Morgan fingerprint density at radius 1 is 1.12 bits per heavy atom. The van der Waals surface area contributed by atoms with E-state index in [4.69, 9.17) is 0 Å². The largest absolute Gasteiger partial charge is 0.348 e. The molecule has 0 radical (unpaired) electrons. The summed E-state index contributed by atoms with van der Waals surface area (Å²) >= 11 is 1.50. The molecule has 5 heteroatoms. The van der Waals surface area contributed by atoms with Crippen molar-refractivity contribution in [2.24, 2.45) is 5.92 Å². The molecule has 0 aliphatic carbocycles. The maximum absolute atomic E-state index is 13.2. The van der Waals surface area contributed by atoms with Gasteiger partial charge >= 0.3 is 0 Å². The normalized spacial score (nSPS) is 12.3. The molecule has 3 rings (SSSR count). The Bertz CT molecular complexity index is 891. The lowest BCUT2D eigenvalue weighted by Crippen LogP contribution is -2.33. The molecule has 1 heterocycles. The number of amides is 1. The summed E-state index contributed by atoms with van der Waals surface area (Å²) in [5, 5.41) is 4.12. The molecule has 26 heavy (non-hydrogen) atoms. The highest BCUT2D eigenvalue weighted by Gasteiger charge is 2.18. The van der Waals surface area contributed by atoms with Crippen LogP contribution in [-0.2, 0) is 4.79 Å². The lowest BCUT2D eigenvalue weighted by molar-refractivity contribution is -0.119. The number of thioether (sulfide) groups is 1. The topological polar surface area (TPSA) is 42.0 Å². The second-order valence-corrected chi connectivity index (χ2v) is 7.47. The van der Waals surface area contributed by atoms with Crippen LogP contribution in [0.3, 0.4) is 0 Å². The maximum Gasteiger partial charge on any atom is 0.230 e. The van der Waals surface area contributed by atoms with Crippen LogP contribution >= 0.6 is 11.8 Å². The number of nitrogens with one attached hydrogen (secondary N) is 1. The molecule has 0 aliphatic heterocycles. The number of benzene rings is 2. The predicted octanol–water partition coefficient (Wildman–Crippen LogP) is 4.98. The molecular weight excluding hydrogens is 347 g/mol. The van der Waals surface area contributed by atoms with Gasteiger partial charge < -0.3 is 5.32 Å². The minimum atomic E-state index is -0.275. The van der Waals surface area contributed by atoms with Gasteiger partial charge in [0.25, 0.3) is 0 Å². The van der Waals surface area contributed by atoms with Crippen LogP contribution in [0.2, 0.25) is 0 Å². The molecule has 1 atom stereocenters. The number of aromatic nitrogens is 1. The highest BCUT2D eigenvalue weighted by Crippen LogP contribution is 2.27. The molecular formula is C21H21FN2OS. The van der Waals surface area contributed by atoms with Gasteiger partial charge in [0.15, 0.2) is 0 Å². The highest BCUT2D eigenvalue weighted by molar-refractivity contribution is 8.00. The fraction of sp³-hybridized carbons (Fsp3) is 0.238. The van der Waals surface area contributed by atoms with E-state index in [-0.39, 0.29) is 23.7 Å². The monoisotopic (exact) mass is 368 g/mol. The van der Waals surface area contributed by atoms with Crippen molar-refractivity contribution < 1.29 is 9.18 Å². The molecule has 0 saturated heterocycles. The zero-order valence-corrected chi connectivity index (χ0v) is 15.6. The number of carbonyl (C=O) groups excluding carboxylic acids is 1. The second kappa shape index (κ2) is 8.32. The molecule has 3 nitrogen and oxygen atoms in total. The van der Waals surface area contributed by atoms with Crippen molar-refractivity contribution in [1.82, 2.24) is 10.3 Å². The lowest BCUT2D eigenvalue weighted by atomic mass is 9.96. The molecule has 1 N–H and O–H groups in total. The number of rotatable bonds is 6. The SMILES string of the molecule is CC(C)C(NC(=O)CSc1ccnc2ccccc12)c1ccc(F)cc1. The molecule has 134 valence electrons. The Labute approximate surface area is 157 Å². The van der Waals surface area contributed by atoms with Crippen molar-refractivity contribution in [1.29, 1.82) is 0 Å². The Kier molecular flexibility index (Phi) is 5.89. The third-order valence-electron chi connectivity index (χ3n) is 4.18. The van der Waals surface area contributed by atoms with E-state index in [0.717, 1.165) is 21.4 Å². The molecule has 1 unspecified atom stereocenters. The van der Waals surface area contributed by atoms with Gasteiger partial charge in [0.2, 0.25) is 5.91 Å². The van der Waals surface area contributed by atoms with Gasteiger partial charge in [0, 0.05) is 16.5 Å². The molecule has 0 fully saturated rings. The summed E-state index contributed by atoms with van der Waals surface area (Å²) in [4.78, 5) is 17.9. The van der Waals surface area contributed by atoms with E-state index in [9.17, 15) is 9.18 Å². The van der Waals surface area contributed by atoms with Crippen LogP contribution < -0.4 is 5.32 Å². The van der Waals surface area contributed by atoms with Crippen LogP contribution in [-0.4, -0.2) is 16.6 Å². The van der Waals surface area contributed by atoms with Gasteiger partial charge in [-0.25, -0.2) is 4.39 Å². The highest BCUT2D eigenvalue weighted by atomic mass is 32.2. The predicted molar refractivity (Wildman–Crippen MR) is 105 cm³/mol. The Balaban J connectivity index is 1.68. The van der Waals surface area contributed by atoms with Gasteiger partial charge in [0.05, 0.1) is 17.3 Å². The van der Waals surface area contributed by atoms with Crippen molar-refractivity contribution in [3.63, 3.8) is 0 Å². The van der Waals surface area contributed by atoms with Gasteiger partial charge in [-0.05, 0) is 35.7 Å². The third kappa shape index (κ3) is 4.41. The van der Waals surface area contributed by atoms with Crippen LogP contribution in [0.1, 0.15) is 25.5 Å². The van der Waals surface area contributed by atoms with Gasteiger partial charge in [-0.15, -0.1) is 11.8 Å². The summed E-state index contributed by atoms with van der Waals surface area (Å²) in [6.45, 7) is 4.08. The number of halogens is 1. The van der Waals surface area contributed by atoms with E-state index in [1.54, 1.807) is 18.3 Å². The first-order valence-electron chi connectivity index (χ1n) is 8.56. The number of nitrogens with zero attached hydrogens (tertiary/aromatic N) is 1. The zero-order valence-electron chi connectivity index (χ0n) is 14.8. The number of pyridine rings is 1. The summed E-state index contributed by atoms with van der Waals surface area (Å²) in [6.07, 6.45) is 1.76. The second-order valence-electron chi connectivity index (χ2n) is 6.46. The molecule has 1 amide bonds. The van der Waals surface area contributed by atoms with Gasteiger partial charge in [0.1, 0.15) is 5.82 Å². The van der Waals surface area contributed by atoms with E-state index in [1.165, 1.54) is 23.9 Å². The third-order valence-corrected chi connectivity index (χ3v) is 5.25. The van der Waals surface area contributed by atoms with Gasteiger partial charge in [-0.3, -0.25) is 9.78 Å². The lowest BCUT2D eigenvalue weighted by Gasteiger charge is -2.23. The Morgan fingerprint density at radius 2 is 1.85 bits per heavy atom. The zero-order chi connectivity index (χ0) is 18.5. The molecule has 0 bridgehead atoms. The van der Waals surface area contributed by atoms with Gasteiger partial charge in [-0.1, -0.05) is 44.2 Å². The van der Waals surface area contributed by atoms with E-state index in [1.807, 2.05) is 44.2 Å². The van der Waals surface area contributed by atoms with Crippen molar-refractivity contribution in [2.45, 2.75) is 24.8 Å². The number of hydrogen-bond donors (Lipinski definition) is 1. The molecule has 2 aromatic carbocycles. The quantitative estimate of drug-likeness (QED) is 0.624. The average molecular weight is 368 g/mol. The summed E-state index contributed by atoms with van der Waals surface area (Å²) in [5.74, 6) is 0.205.